The minimum atomic E-state index is -0.201. The van der Waals surface area contributed by atoms with Crippen LogP contribution < -0.4 is 19.5 Å². The van der Waals surface area contributed by atoms with Gasteiger partial charge in [0.2, 0.25) is 0 Å². The zero-order chi connectivity index (χ0) is 22.1. The summed E-state index contributed by atoms with van der Waals surface area (Å²) in [5.74, 6) is 2.80. The third-order valence-electron chi connectivity index (χ3n) is 6.07. The maximum absolute atomic E-state index is 13.1. The van der Waals surface area contributed by atoms with Gasteiger partial charge in [-0.05, 0) is 54.3 Å². The molecule has 1 aliphatic carbocycles. The number of hydrogen-bond donors (Lipinski definition) is 1. The summed E-state index contributed by atoms with van der Waals surface area (Å²) in [6, 6.07) is 21.6. The number of nitrogens with one attached hydrogen (secondary N) is 1. The van der Waals surface area contributed by atoms with Crippen LogP contribution in [-0.4, -0.2) is 20.0 Å². The Morgan fingerprint density at radius 1 is 0.844 bits per heavy atom. The van der Waals surface area contributed by atoms with Gasteiger partial charge in [-0.25, -0.2) is 0 Å². The number of carbonyl (C=O) groups is 1. The molecule has 5 rings (SSSR count). The topological polar surface area (TPSA) is 56.8 Å². The van der Waals surface area contributed by atoms with Crippen LogP contribution in [0.2, 0.25) is 0 Å². The second-order valence-corrected chi connectivity index (χ2v) is 8.01. The largest absolute Gasteiger partial charge is 0.493 e. The summed E-state index contributed by atoms with van der Waals surface area (Å²) in [6.45, 7) is 0. The molecular weight excluding hydrogens is 402 g/mol. The second kappa shape index (κ2) is 8.42. The van der Waals surface area contributed by atoms with E-state index in [1.807, 2.05) is 60.7 Å². The van der Waals surface area contributed by atoms with Crippen LogP contribution >= 0.6 is 0 Å². The van der Waals surface area contributed by atoms with Gasteiger partial charge in [0.25, 0.3) is 0 Å². The summed E-state index contributed by atoms with van der Waals surface area (Å²) in [5.41, 5.74) is 4.79. The first-order valence-electron chi connectivity index (χ1n) is 10.8. The van der Waals surface area contributed by atoms with E-state index in [-0.39, 0.29) is 11.7 Å². The number of hydrogen-bond acceptors (Lipinski definition) is 5. The van der Waals surface area contributed by atoms with Crippen molar-refractivity contribution in [2.75, 3.05) is 19.5 Å². The zero-order valence-electron chi connectivity index (χ0n) is 18.2. The molecule has 5 nitrogen and oxygen atoms in total. The number of methoxy groups -OCH3 is 2. The number of para-hydroxylation sites is 1. The summed E-state index contributed by atoms with van der Waals surface area (Å²) in [5, 5.41) is 3.50. The Hall–Kier alpha value is -3.73. The minimum absolute atomic E-state index is 0.193. The highest BCUT2D eigenvalue weighted by molar-refractivity contribution is 6.01. The smallest absolute Gasteiger partial charge is 0.162 e. The Bertz CT molecular complexity index is 1200. The maximum atomic E-state index is 13.1. The summed E-state index contributed by atoms with van der Waals surface area (Å²) in [7, 11) is 3.25. The fourth-order valence-corrected chi connectivity index (χ4v) is 4.62. The van der Waals surface area contributed by atoms with Gasteiger partial charge in [0.1, 0.15) is 11.5 Å². The number of benzene rings is 3. The minimum Gasteiger partial charge on any atom is -0.493 e. The molecule has 0 spiro atoms. The van der Waals surface area contributed by atoms with Gasteiger partial charge < -0.3 is 19.5 Å². The fourth-order valence-electron chi connectivity index (χ4n) is 4.62. The lowest BCUT2D eigenvalue weighted by Crippen LogP contribution is -2.27. The number of carbonyl (C=O) groups excluding carboxylic acids is 1. The van der Waals surface area contributed by atoms with E-state index in [1.54, 1.807) is 14.2 Å². The van der Waals surface area contributed by atoms with Gasteiger partial charge in [-0.15, -0.1) is 0 Å². The SMILES string of the molecule is COc1cc2c(cc1OC)[C@H](c1cccc(Oc3ccccc3)c1)C1=C(CCCC1=O)N2. The van der Waals surface area contributed by atoms with Gasteiger partial charge in [-0.3, -0.25) is 4.79 Å². The van der Waals surface area contributed by atoms with Crippen molar-refractivity contribution in [3.63, 3.8) is 0 Å². The lowest BCUT2D eigenvalue weighted by molar-refractivity contribution is -0.116. The van der Waals surface area contributed by atoms with Gasteiger partial charge in [-0.1, -0.05) is 30.3 Å². The molecule has 1 N–H and O–H groups in total. The predicted octanol–water partition coefficient (Wildman–Crippen LogP) is 6.06. The van der Waals surface area contributed by atoms with E-state index in [0.717, 1.165) is 52.4 Å². The van der Waals surface area contributed by atoms with Crippen LogP contribution in [0.1, 0.15) is 36.3 Å². The number of ether oxygens (including phenoxy) is 3. The van der Waals surface area contributed by atoms with E-state index in [4.69, 9.17) is 14.2 Å². The van der Waals surface area contributed by atoms with Gasteiger partial charge in [0, 0.05) is 35.4 Å². The summed E-state index contributed by atoms with van der Waals surface area (Å²) in [4.78, 5) is 13.1. The Labute approximate surface area is 187 Å². The van der Waals surface area contributed by atoms with Gasteiger partial charge in [0.05, 0.1) is 14.2 Å². The highest BCUT2D eigenvalue weighted by Gasteiger charge is 2.36. The van der Waals surface area contributed by atoms with Gasteiger partial charge >= 0.3 is 0 Å². The first kappa shape index (κ1) is 20.2. The number of rotatable bonds is 5. The highest BCUT2D eigenvalue weighted by Crippen LogP contribution is 2.49. The van der Waals surface area contributed by atoms with Gasteiger partial charge in [0.15, 0.2) is 17.3 Å². The molecule has 3 aromatic carbocycles. The van der Waals surface area contributed by atoms with Gasteiger partial charge in [-0.2, -0.15) is 0 Å². The number of anilines is 1. The molecule has 0 fully saturated rings. The van der Waals surface area contributed by atoms with Crippen LogP contribution in [0.15, 0.2) is 78.0 Å². The van der Waals surface area contributed by atoms with Crippen molar-refractivity contribution in [2.45, 2.75) is 25.2 Å². The summed E-state index contributed by atoms with van der Waals surface area (Å²) >= 11 is 0. The van der Waals surface area contributed by atoms with Crippen molar-refractivity contribution in [1.29, 1.82) is 0 Å². The molecule has 3 aromatic rings. The molecule has 5 heteroatoms. The van der Waals surface area contributed by atoms with Crippen molar-refractivity contribution in [1.82, 2.24) is 0 Å². The van der Waals surface area contributed by atoms with E-state index in [1.165, 1.54) is 0 Å². The van der Waals surface area contributed by atoms with Crippen molar-refractivity contribution in [3.8, 4) is 23.0 Å². The average Bonchev–Trinajstić information content (AvgIpc) is 2.83. The van der Waals surface area contributed by atoms with Crippen LogP contribution in [-0.2, 0) is 4.79 Å². The van der Waals surface area contributed by atoms with Crippen LogP contribution in [0.3, 0.4) is 0 Å². The predicted molar refractivity (Wildman–Crippen MR) is 124 cm³/mol. The lowest BCUT2D eigenvalue weighted by atomic mass is 9.75. The molecule has 1 aliphatic heterocycles. The molecular formula is C27H25NO4. The molecule has 1 atom stereocenters. The highest BCUT2D eigenvalue weighted by atomic mass is 16.5. The number of Topliss-reactive ketones (excluding diaryl/α,β-unsaturated/α-hetero) is 1. The van der Waals surface area contributed by atoms with E-state index >= 15 is 0 Å². The van der Waals surface area contributed by atoms with Crippen molar-refractivity contribution >= 4 is 11.5 Å². The van der Waals surface area contributed by atoms with Crippen molar-refractivity contribution in [2.24, 2.45) is 0 Å². The zero-order valence-corrected chi connectivity index (χ0v) is 18.2. The van der Waals surface area contributed by atoms with E-state index < -0.39 is 0 Å². The van der Waals surface area contributed by atoms with Crippen LogP contribution in [0, 0.1) is 0 Å². The van der Waals surface area contributed by atoms with Crippen LogP contribution in [0.4, 0.5) is 5.69 Å². The first-order valence-corrected chi connectivity index (χ1v) is 10.8. The van der Waals surface area contributed by atoms with E-state index in [2.05, 4.69) is 11.4 Å². The molecule has 0 saturated carbocycles. The molecule has 0 bridgehead atoms. The molecule has 0 aromatic heterocycles. The third kappa shape index (κ3) is 3.60. The monoisotopic (exact) mass is 427 g/mol. The van der Waals surface area contributed by atoms with Crippen molar-refractivity contribution < 1.29 is 19.0 Å². The normalized spacial score (nSPS) is 17.2. The third-order valence-corrected chi connectivity index (χ3v) is 6.07. The molecule has 0 amide bonds. The number of fused-ring (bicyclic) bond motifs is 1. The van der Waals surface area contributed by atoms with E-state index in [0.29, 0.717) is 17.9 Å². The standard InChI is InChI=1S/C27H25NO4/c1-30-24-15-20-22(16-25(24)31-2)28-21-12-7-13-23(29)27(21)26(20)17-8-6-11-19(14-17)32-18-9-4-3-5-10-18/h3-6,8-11,14-16,26,28H,7,12-13H2,1-2H3/t26-/m0/s1. The lowest BCUT2D eigenvalue weighted by Gasteiger charge is -2.34. The quantitative estimate of drug-likeness (QED) is 0.536. The molecule has 162 valence electrons. The first-order chi connectivity index (χ1) is 15.7. The molecule has 32 heavy (non-hydrogen) atoms. The Kier molecular flexibility index (Phi) is 5.31. The molecule has 0 unspecified atom stereocenters. The maximum Gasteiger partial charge on any atom is 0.162 e. The molecule has 1 heterocycles. The average molecular weight is 428 g/mol. The molecule has 0 radical (unpaired) electrons. The second-order valence-electron chi connectivity index (χ2n) is 8.01. The van der Waals surface area contributed by atoms with Crippen molar-refractivity contribution in [3.05, 3.63) is 89.1 Å². The fraction of sp³-hybridized carbons (Fsp3) is 0.222. The summed E-state index contributed by atoms with van der Waals surface area (Å²) < 4.78 is 17.2. The number of ketones is 1. The van der Waals surface area contributed by atoms with E-state index in [9.17, 15) is 4.79 Å². The van der Waals surface area contributed by atoms with Crippen LogP contribution in [0.25, 0.3) is 0 Å². The summed E-state index contributed by atoms with van der Waals surface area (Å²) in [6.07, 6.45) is 2.28. The number of allylic oxidation sites excluding steroid dienone is 2. The Morgan fingerprint density at radius 2 is 1.59 bits per heavy atom. The molecule has 2 aliphatic rings. The Balaban J connectivity index is 1.64. The Morgan fingerprint density at radius 3 is 2.38 bits per heavy atom. The van der Waals surface area contributed by atoms with Crippen LogP contribution in [0.5, 0.6) is 23.0 Å². The molecule has 0 saturated heterocycles.